The van der Waals surface area contributed by atoms with Gasteiger partial charge in [-0.25, -0.2) is 22.9 Å². The van der Waals surface area contributed by atoms with E-state index in [0.29, 0.717) is 40.9 Å². The van der Waals surface area contributed by atoms with E-state index in [0.717, 1.165) is 62.5 Å². The minimum absolute atomic E-state index is 0.158. The van der Waals surface area contributed by atoms with Crippen LogP contribution in [0.3, 0.4) is 0 Å². The van der Waals surface area contributed by atoms with Crippen molar-refractivity contribution in [2.45, 2.75) is 61.2 Å². The smallest absolute Gasteiger partial charge is 0.385 e. The van der Waals surface area contributed by atoms with Gasteiger partial charge in [0.1, 0.15) is 18.0 Å². The normalized spacial score (nSPS) is 15.8. The molecule has 6 aromatic rings. The summed E-state index contributed by atoms with van der Waals surface area (Å²) in [5.74, 6) is -2.63. The molecule has 328 valence electrons. The topological polar surface area (TPSA) is 220 Å². The maximum Gasteiger partial charge on any atom is 0.417 e. The van der Waals surface area contributed by atoms with Crippen LogP contribution in [0.15, 0.2) is 94.9 Å². The van der Waals surface area contributed by atoms with Gasteiger partial charge < -0.3 is 26.4 Å². The summed E-state index contributed by atoms with van der Waals surface area (Å²) in [5, 5.41) is 43.9. The van der Waals surface area contributed by atoms with Crippen molar-refractivity contribution in [1.29, 1.82) is 5.26 Å². The Balaban J connectivity index is 0.853. The number of amides is 1. The summed E-state index contributed by atoms with van der Waals surface area (Å²) < 4.78 is 82.5. The first-order valence-corrected chi connectivity index (χ1v) is 21.5. The van der Waals surface area contributed by atoms with Crippen LogP contribution >= 0.6 is 0 Å². The number of anilines is 4. The van der Waals surface area contributed by atoms with Gasteiger partial charge in [-0.15, -0.1) is 0 Å². The van der Waals surface area contributed by atoms with E-state index >= 15 is 0 Å². The van der Waals surface area contributed by atoms with Crippen LogP contribution in [0.5, 0.6) is 0 Å². The zero-order valence-electron chi connectivity index (χ0n) is 33.9. The van der Waals surface area contributed by atoms with Crippen LogP contribution in [0.1, 0.15) is 72.8 Å². The number of aryl methyl sites for hydroxylation is 1. The lowest BCUT2D eigenvalue weighted by Gasteiger charge is -2.33. The highest BCUT2D eigenvalue weighted by Crippen LogP contribution is 2.46. The third-order valence-corrected chi connectivity index (χ3v) is 12.7. The largest absolute Gasteiger partial charge is 0.417 e. The Bertz CT molecular complexity index is 2860. The van der Waals surface area contributed by atoms with Gasteiger partial charge in [0.2, 0.25) is 0 Å². The lowest BCUT2D eigenvalue weighted by atomic mass is 9.83. The Hall–Kier alpha value is -6.85. The van der Waals surface area contributed by atoms with Gasteiger partial charge in [0.25, 0.3) is 11.5 Å². The SMILES string of the molecule is Cn1ncnc1[C@H]1c2n[nH]c(=O)c3cc(F)cc(c23)N[C@@H]1c1ccc(NCCCCCCNc2ccc(S(=O)(=O)CC(C)(O)C(=O)Nc3ccc(C#N)c(C(F)(F)F)c3)cc2)cc1. The molecule has 0 fully saturated rings. The van der Waals surface area contributed by atoms with Crippen molar-refractivity contribution in [3.8, 4) is 6.07 Å². The van der Waals surface area contributed by atoms with Crippen molar-refractivity contribution >= 4 is 49.3 Å². The number of hydrogen-bond acceptors (Lipinski definition) is 12. The number of aromatic amines is 1. The van der Waals surface area contributed by atoms with Gasteiger partial charge in [-0.05, 0) is 92.1 Å². The zero-order valence-corrected chi connectivity index (χ0v) is 34.7. The quantitative estimate of drug-likeness (QED) is 0.0446. The summed E-state index contributed by atoms with van der Waals surface area (Å²) in [5.41, 5.74) is -1.78. The number of nitrogens with one attached hydrogen (secondary N) is 5. The number of nitriles is 1. The highest BCUT2D eigenvalue weighted by atomic mass is 32.2. The number of alkyl halides is 3. The molecule has 1 unspecified atom stereocenters. The van der Waals surface area contributed by atoms with Crippen molar-refractivity contribution in [3.63, 3.8) is 0 Å². The molecule has 0 saturated carbocycles. The summed E-state index contributed by atoms with van der Waals surface area (Å²) >= 11 is 0. The Labute approximate surface area is 358 Å². The number of carbonyl (C=O) groups is 1. The van der Waals surface area contributed by atoms with Gasteiger partial charge >= 0.3 is 6.18 Å². The van der Waals surface area contributed by atoms with Crippen LogP contribution < -0.4 is 26.8 Å². The predicted molar refractivity (Wildman–Crippen MR) is 227 cm³/mol. The van der Waals surface area contributed by atoms with E-state index in [9.17, 15) is 40.7 Å². The number of aliphatic hydroxyl groups is 1. The summed E-state index contributed by atoms with van der Waals surface area (Å²) in [7, 11) is -2.43. The van der Waals surface area contributed by atoms with Crippen molar-refractivity contribution in [2.75, 3.05) is 40.1 Å². The molecular formula is C43H42F4N10O5S. The van der Waals surface area contributed by atoms with E-state index in [-0.39, 0.29) is 16.0 Å². The zero-order chi connectivity index (χ0) is 45.1. The van der Waals surface area contributed by atoms with Crippen LogP contribution in [0.25, 0.3) is 10.8 Å². The number of nitrogens with zero attached hydrogens (tertiary/aromatic N) is 5. The first-order valence-electron chi connectivity index (χ1n) is 19.8. The number of unbranched alkanes of at least 4 members (excludes halogenated alkanes) is 3. The molecule has 4 aromatic carbocycles. The number of aromatic nitrogens is 5. The molecule has 7 rings (SSSR count). The molecule has 0 aliphatic carbocycles. The lowest BCUT2D eigenvalue weighted by molar-refractivity contribution is -0.137. The Morgan fingerprint density at radius 3 is 2.17 bits per heavy atom. The van der Waals surface area contributed by atoms with Crippen molar-refractivity contribution < 1.29 is 35.9 Å². The van der Waals surface area contributed by atoms with Crippen LogP contribution in [0.4, 0.5) is 40.3 Å². The number of halogens is 4. The molecule has 63 heavy (non-hydrogen) atoms. The molecule has 3 atom stereocenters. The molecule has 3 heterocycles. The molecule has 0 saturated heterocycles. The van der Waals surface area contributed by atoms with Crippen LogP contribution in [0, 0.1) is 17.1 Å². The number of hydrogen-bond donors (Lipinski definition) is 6. The van der Waals surface area contributed by atoms with Crippen molar-refractivity contribution in [1.82, 2.24) is 25.0 Å². The Morgan fingerprint density at radius 2 is 1.57 bits per heavy atom. The van der Waals surface area contributed by atoms with Crippen molar-refractivity contribution in [2.24, 2.45) is 7.05 Å². The first kappa shape index (κ1) is 44.2. The van der Waals surface area contributed by atoms with Gasteiger partial charge in [-0.1, -0.05) is 25.0 Å². The fraction of sp³-hybridized carbons (Fsp3) is 0.302. The second-order valence-electron chi connectivity index (χ2n) is 15.4. The number of H-pyrrole nitrogens is 1. The molecule has 6 N–H and O–H groups in total. The summed E-state index contributed by atoms with van der Waals surface area (Å²) in [4.78, 5) is 29.7. The second-order valence-corrected chi connectivity index (χ2v) is 17.4. The van der Waals surface area contributed by atoms with Gasteiger partial charge in [-0.2, -0.15) is 28.6 Å². The number of rotatable bonds is 16. The Kier molecular flexibility index (Phi) is 12.5. The van der Waals surface area contributed by atoms with Crippen LogP contribution in [-0.4, -0.2) is 68.8 Å². The van der Waals surface area contributed by atoms with E-state index in [2.05, 4.69) is 41.5 Å². The summed E-state index contributed by atoms with van der Waals surface area (Å²) in [6.07, 6.45) is 0.219. The summed E-state index contributed by atoms with van der Waals surface area (Å²) in [6.45, 7) is 2.31. The second kappa shape index (κ2) is 17.9. The average Bonchev–Trinajstić information content (AvgIpc) is 3.67. The number of sulfone groups is 1. The number of benzene rings is 4. The lowest BCUT2D eigenvalue weighted by Crippen LogP contribution is -2.45. The molecule has 0 radical (unpaired) electrons. The standard InChI is InChI=1S/C43H42F4N10O5S/c1-42(60,41(59)53-30-12-9-26(22-48)33(21-30)43(45,46)47)23-63(61,62)31-15-13-29(14-16-31)50-18-6-4-3-5-17-49-28-10-7-25(8-11-28)37-36(39-51-24-52-57(39)2)38-35-32(40(58)56-55-38)19-27(44)20-34(35)54-37/h7-16,19-21,24,36-37,49-50,54,60H,3-6,17-18,23H2,1-2H3,(H,53,59)(H,56,58)/t36-,37-,42?/m1/s1. The fourth-order valence-electron chi connectivity index (χ4n) is 7.57. The van der Waals surface area contributed by atoms with Gasteiger partial charge in [0, 0.05) is 48.3 Å². The monoisotopic (exact) mass is 886 g/mol. The highest BCUT2D eigenvalue weighted by Gasteiger charge is 2.39. The van der Waals surface area contributed by atoms with Crippen LogP contribution in [0.2, 0.25) is 0 Å². The molecule has 2 aromatic heterocycles. The minimum Gasteiger partial charge on any atom is -0.385 e. The third-order valence-electron chi connectivity index (χ3n) is 10.8. The van der Waals surface area contributed by atoms with E-state index in [4.69, 9.17) is 5.26 Å². The molecule has 0 bridgehead atoms. The van der Waals surface area contributed by atoms with Crippen molar-refractivity contribution in [3.05, 3.63) is 130 Å². The predicted octanol–water partition coefficient (Wildman–Crippen LogP) is 6.63. The van der Waals surface area contributed by atoms with Gasteiger partial charge in [-0.3, -0.25) is 14.3 Å². The molecule has 20 heteroatoms. The maximum atomic E-state index is 14.6. The van der Waals surface area contributed by atoms with E-state index < -0.39 is 67.7 Å². The molecule has 15 nitrogen and oxygen atoms in total. The molecule has 1 aliphatic heterocycles. The molecule has 0 spiro atoms. The molecule has 1 aliphatic rings. The van der Waals surface area contributed by atoms with Crippen LogP contribution in [-0.2, 0) is 27.9 Å². The van der Waals surface area contributed by atoms with Gasteiger partial charge in [0.15, 0.2) is 15.4 Å². The van der Waals surface area contributed by atoms with E-state index in [1.165, 1.54) is 36.7 Å². The first-order chi connectivity index (χ1) is 29.9. The minimum atomic E-state index is -4.88. The fourth-order valence-corrected chi connectivity index (χ4v) is 9.16. The third kappa shape index (κ3) is 9.79. The molecule has 1 amide bonds. The number of carbonyl (C=O) groups excluding carboxylic acids is 1. The molecular weight excluding hydrogens is 845 g/mol. The van der Waals surface area contributed by atoms with E-state index in [1.807, 2.05) is 24.3 Å². The average molecular weight is 887 g/mol. The van der Waals surface area contributed by atoms with Gasteiger partial charge in [0.05, 0.1) is 50.9 Å². The maximum absolute atomic E-state index is 14.6. The summed E-state index contributed by atoms with van der Waals surface area (Å²) in [6, 6.07) is 19.8. The van der Waals surface area contributed by atoms with E-state index in [1.54, 1.807) is 23.9 Å². The Morgan fingerprint density at radius 1 is 0.937 bits per heavy atom. The highest BCUT2D eigenvalue weighted by molar-refractivity contribution is 7.91.